The van der Waals surface area contributed by atoms with Gasteiger partial charge in [-0.2, -0.15) is 0 Å². The minimum Gasteiger partial charge on any atom is -0.480 e. The Kier molecular flexibility index (Phi) is 7.83. The molecule has 2 aromatic heterocycles. The summed E-state index contributed by atoms with van der Waals surface area (Å²) in [7, 11) is 0. The number of thiophene rings is 2. The fourth-order valence-corrected chi connectivity index (χ4v) is 7.61. The number of carbonyl (C=O) groups is 3. The summed E-state index contributed by atoms with van der Waals surface area (Å²) in [5.74, 6) is -1.17. The molecule has 1 amide bonds. The average molecular weight is 538 g/mol. The van der Waals surface area contributed by atoms with Gasteiger partial charge in [0, 0.05) is 22.6 Å². The van der Waals surface area contributed by atoms with Crippen LogP contribution in [0.3, 0.4) is 0 Å². The summed E-state index contributed by atoms with van der Waals surface area (Å²) in [4.78, 5) is 44.0. The monoisotopic (exact) mass is 537 g/mol. The van der Waals surface area contributed by atoms with Crippen LogP contribution in [0.2, 0.25) is 0 Å². The summed E-state index contributed by atoms with van der Waals surface area (Å²) in [5, 5.41) is 16.8. The summed E-state index contributed by atoms with van der Waals surface area (Å²) in [6, 6.07) is 10.5. The molecule has 9 heteroatoms. The third-order valence-corrected chi connectivity index (χ3v) is 9.84. The highest BCUT2D eigenvalue weighted by Crippen LogP contribution is 2.36. The van der Waals surface area contributed by atoms with Crippen LogP contribution in [0.4, 0.5) is 5.69 Å². The first kappa shape index (κ1) is 25.8. The van der Waals surface area contributed by atoms with Crippen LogP contribution in [-0.2, 0) is 16.0 Å². The van der Waals surface area contributed by atoms with Crippen LogP contribution in [-0.4, -0.2) is 47.6 Å². The number of para-hydroxylation sites is 1. The first-order chi connectivity index (χ1) is 17.9. The highest BCUT2D eigenvalue weighted by atomic mass is 32.2. The summed E-state index contributed by atoms with van der Waals surface area (Å²) < 4.78 is 1.14. The van der Waals surface area contributed by atoms with E-state index in [9.17, 15) is 19.5 Å². The maximum atomic E-state index is 12.9. The van der Waals surface area contributed by atoms with Crippen LogP contribution >= 0.6 is 22.7 Å². The largest absolute Gasteiger partial charge is 0.480 e. The quantitative estimate of drug-likeness (QED) is 0.304. The highest BCUT2D eigenvalue weighted by molar-refractivity contribution is 7.39. The van der Waals surface area contributed by atoms with Gasteiger partial charge in [-0.1, -0.05) is 25.1 Å². The molecule has 5 rings (SSSR count). The lowest BCUT2D eigenvalue weighted by molar-refractivity contribution is -0.141. The number of aryl methyl sites for hydroxylation is 1. The molecule has 0 bridgehead atoms. The maximum Gasteiger partial charge on any atom is 0.326 e. The van der Waals surface area contributed by atoms with Crippen molar-refractivity contribution in [3.8, 4) is 0 Å². The van der Waals surface area contributed by atoms with Gasteiger partial charge in [-0.25, -0.2) is 9.79 Å². The molecule has 3 aromatic rings. The number of rotatable bonds is 10. The van der Waals surface area contributed by atoms with Gasteiger partial charge in [-0.15, -0.1) is 22.7 Å². The number of nitrogens with one attached hydrogen (secondary N) is 2. The molecule has 1 aromatic carbocycles. The van der Waals surface area contributed by atoms with Gasteiger partial charge in [0.1, 0.15) is 11.8 Å². The molecule has 1 fully saturated rings. The molecule has 2 unspecified atom stereocenters. The molecule has 7 nitrogen and oxygen atoms in total. The summed E-state index contributed by atoms with van der Waals surface area (Å²) in [6.45, 7) is 4.11. The number of carbonyl (C=O) groups excluding carboxylic acids is 2. The van der Waals surface area contributed by atoms with Crippen LogP contribution in [0.15, 0.2) is 41.4 Å². The van der Waals surface area contributed by atoms with Gasteiger partial charge in [-0.3, -0.25) is 9.59 Å². The summed E-state index contributed by atoms with van der Waals surface area (Å²) in [5.41, 5.74) is 1.98. The predicted molar refractivity (Wildman–Crippen MR) is 149 cm³/mol. The Morgan fingerprint density at radius 1 is 1.16 bits per heavy atom. The van der Waals surface area contributed by atoms with E-state index in [-0.39, 0.29) is 24.5 Å². The summed E-state index contributed by atoms with van der Waals surface area (Å²) in [6.07, 6.45) is 4.86. The van der Waals surface area contributed by atoms with Gasteiger partial charge in [0.15, 0.2) is 5.78 Å². The lowest BCUT2D eigenvalue weighted by Crippen LogP contribution is -2.44. The Hall–Kier alpha value is -2.88. The number of aliphatic imine (C=N–C) groups is 1. The Morgan fingerprint density at radius 2 is 1.95 bits per heavy atom. The van der Waals surface area contributed by atoms with E-state index in [0.717, 1.165) is 46.1 Å². The van der Waals surface area contributed by atoms with Crippen molar-refractivity contribution in [2.24, 2.45) is 10.9 Å². The van der Waals surface area contributed by atoms with E-state index in [1.54, 1.807) is 11.3 Å². The molecule has 2 atom stereocenters. The number of benzene rings is 1. The zero-order chi connectivity index (χ0) is 25.9. The highest BCUT2D eigenvalue weighted by Gasteiger charge is 2.31. The van der Waals surface area contributed by atoms with Crippen molar-refractivity contribution in [3.05, 3.63) is 51.7 Å². The van der Waals surface area contributed by atoms with Gasteiger partial charge < -0.3 is 15.7 Å². The number of hydrogen-bond donors (Lipinski definition) is 3. The standard InChI is InChI=1S/C28H31N3O4S2/c1-16-20-4-2-3-5-21(20)30-25(16)26(33)31-22(27(34)35)8-9-23(32)24-15-18-14-19(36-28(18)37-24)7-6-17-10-12-29-13-11-17/h2-5,14-17,22,29H,6-13H2,1H3,(H,31,33)(H,34,35). The van der Waals surface area contributed by atoms with E-state index in [2.05, 4.69) is 21.7 Å². The zero-order valence-electron chi connectivity index (χ0n) is 20.8. The second-order valence-electron chi connectivity index (χ2n) is 9.90. The molecule has 3 N–H and O–H groups in total. The zero-order valence-corrected chi connectivity index (χ0v) is 22.4. The van der Waals surface area contributed by atoms with Crippen molar-refractivity contribution in [2.75, 3.05) is 13.1 Å². The number of fused-ring (bicyclic) bond motifs is 2. The Balaban J connectivity index is 1.16. The van der Waals surface area contributed by atoms with Crippen molar-refractivity contribution >= 4 is 61.1 Å². The second kappa shape index (κ2) is 11.2. The molecule has 2 aliphatic heterocycles. The number of piperidine rings is 1. The van der Waals surface area contributed by atoms with E-state index < -0.39 is 17.9 Å². The van der Waals surface area contributed by atoms with Crippen molar-refractivity contribution in [1.29, 1.82) is 0 Å². The van der Waals surface area contributed by atoms with Crippen LogP contribution in [0.1, 0.15) is 65.1 Å². The Bertz CT molecular complexity index is 1320. The summed E-state index contributed by atoms with van der Waals surface area (Å²) >= 11 is 3.24. The normalized spacial score (nSPS) is 18.4. The van der Waals surface area contributed by atoms with Gasteiger partial charge in [0.05, 0.1) is 14.6 Å². The third kappa shape index (κ3) is 5.84. The van der Waals surface area contributed by atoms with Crippen LogP contribution in [0.25, 0.3) is 9.40 Å². The molecular weight excluding hydrogens is 506 g/mol. The first-order valence-corrected chi connectivity index (χ1v) is 14.5. The number of nitrogens with zero attached hydrogens (tertiary/aromatic N) is 1. The van der Waals surface area contributed by atoms with Gasteiger partial charge in [0.25, 0.3) is 5.91 Å². The molecule has 2 aliphatic rings. The fourth-order valence-electron chi connectivity index (χ4n) is 5.13. The molecule has 0 saturated carbocycles. The molecule has 0 radical (unpaired) electrons. The lowest BCUT2D eigenvalue weighted by Gasteiger charge is -2.22. The third-order valence-electron chi connectivity index (χ3n) is 7.35. The van der Waals surface area contributed by atoms with Crippen LogP contribution in [0.5, 0.6) is 0 Å². The average Bonchev–Trinajstić information content (AvgIpc) is 3.57. The van der Waals surface area contributed by atoms with Crippen molar-refractivity contribution < 1.29 is 19.5 Å². The SMILES string of the molecule is CC1C(C(=O)NC(CCC(=O)c2cc3cc(CCC4CCNCC4)sc3s2)C(=O)O)=Nc2ccccc21. The second-order valence-corrected chi connectivity index (χ2v) is 12.3. The predicted octanol–water partition coefficient (Wildman–Crippen LogP) is 5.32. The van der Waals surface area contributed by atoms with Gasteiger partial charge in [-0.05, 0) is 74.9 Å². The van der Waals surface area contributed by atoms with Crippen LogP contribution in [0, 0.1) is 5.92 Å². The van der Waals surface area contributed by atoms with Gasteiger partial charge >= 0.3 is 5.97 Å². The molecule has 0 aliphatic carbocycles. The van der Waals surface area contributed by atoms with Crippen molar-refractivity contribution in [1.82, 2.24) is 10.6 Å². The first-order valence-electron chi connectivity index (χ1n) is 12.9. The molecule has 1 saturated heterocycles. The topological polar surface area (TPSA) is 108 Å². The molecule has 194 valence electrons. The van der Waals surface area contributed by atoms with E-state index in [0.29, 0.717) is 10.6 Å². The molecular formula is C28H31N3O4S2. The number of hydrogen-bond acceptors (Lipinski definition) is 7. The number of carboxylic acids is 1. The lowest BCUT2D eigenvalue weighted by atomic mass is 9.93. The van der Waals surface area contributed by atoms with Crippen LogP contribution < -0.4 is 10.6 Å². The number of amides is 1. The minimum atomic E-state index is -1.16. The number of aliphatic carboxylic acids is 1. The molecule has 0 spiro atoms. The number of Topliss-reactive ketones (excluding diaryl/α,β-unsaturated/α-hetero) is 1. The Labute approximate surface area is 224 Å². The van der Waals surface area contributed by atoms with E-state index in [1.807, 2.05) is 37.3 Å². The number of carboxylic acid groups (broad SMARTS) is 1. The fraction of sp³-hybridized carbons (Fsp3) is 0.429. The Morgan fingerprint density at radius 3 is 2.68 bits per heavy atom. The van der Waals surface area contributed by atoms with E-state index >= 15 is 0 Å². The van der Waals surface area contributed by atoms with E-state index in [4.69, 9.17) is 0 Å². The minimum absolute atomic E-state index is 0.0293. The van der Waals surface area contributed by atoms with Gasteiger partial charge in [0.2, 0.25) is 0 Å². The van der Waals surface area contributed by atoms with Crippen molar-refractivity contribution in [2.45, 2.75) is 57.4 Å². The van der Waals surface area contributed by atoms with E-state index in [1.165, 1.54) is 35.5 Å². The number of ketones is 1. The maximum absolute atomic E-state index is 12.9. The molecule has 37 heavy (non-hydrogen) atoms. The van der Waals surface area contributed by atoms with Crippen molar-refractivity contribution in [3.63, 3.8) is 0 Å². The molecule has 4 heterocycles. The smallest absolute Gasteiger partial charge is 0.326 e.